The number of carbonyl (C=O) groups is 1. The SMILES string of the molecule is COC[C@H]1C(C=O)[C@H](c2cc(OC)c(OC)c(OC)c2)c2cc3c(cc2[C@@H]1O)OCO3. The Morgan fingerprint density at radius 3 is 2.10 bits per heavy atom. The van der Waals surface area contributed by atoms with E-state index in [4.69, 9.17) is 28.4 Å². The van der Waals surface area contributed by atoms with Crippen molar-refractivity contribution in [2.24, 2.45) is 11.8 Å². The number of ether oxygens (including phenoxy) is 6. The van der Waals surface area contributed by atoms with Crippen molar-refractivity contribution in [3.8, 4) is 28.7 Å². The summed E-state index contributed by atoms with van der Waals surface area (Å²) in [6.45, 7) is 0.334. The summed E-state index contributed by atoms with van der Waals surface area (Å²) in [5.41, 5.74) is 2.26. The summed E-state index contributed by atoms with van der Waals surface area (Å²) in [5.74, 6) is 1.20. The van der Waals surface area contributed by atoms with Crippen molar-refractivity contribution in [3.63, 3.8) is 0 Å². The Morgan fingerprint density at radius 2 is 1.58 bits per heavy atom. The van der Waals surface area contributed by atoms with E-state index in [0.717, 1.165) is 17.4 Å². The summed E-state index contributed by atoms with van der Waals surface area (Å²) in [6.07, 6.45) is -0.00758. The maximum Gasteiger partial charge on any atom is 0.231 e. The molecule has 4 atom stereocenters. The minimum absolute atomic E-state index is 0.113. The molecule has 0 amide bonds. The standard InChI is InChI=1S/C23H26O8/c1-26-10-16-15(9-24)21(12-5-19(27-2)23(29-4)20(6-12)28-3)13-7-17-18(31-11-30-17)8-14(13)22(16)25/h5-9,15-16,21-22,25H,10-11H2,1-4H3/t15?,16-,21+,22-/m0/s1. The Hall–Kier alpha value is -2.97. The van der Waals surface area contributed by atoms with E-state index in [2.05, 4.69) is 0 Å². The van der Waals surface area contributed by atoms with Crippen LogP contribution in [0.3, 0.4) is 0 Å². The highest BCUT2D eigenvalue weighted by Gasteiger charge is 2.44. The number of methoxy groups -OCH3 is 4. The van der Waals surface area contributed by atoms with Gasteiger partial charge in [-0.05, 0) is 41.0 Å². The van der Waals surface area contributed by atoms with Crippen LogP contribution in [-0.2, 0) is 9.53 Å². The van der Waals surface area contributed by atoms with E-state index in [9.17, 15) is 9.90 Å². The number of aliphatic hydroxyl groups is 1. The van der Waals surface area contributed by atoms with Gasteiger partial charge in [-0.15, -0.1) is 0 Å². The third-order valence-corrected chi connectivity index (χ3v) is 6.08. The van der Waals surface area contributed by atoms with Crippen molar-refractivity contribution in [1.29, 1.82) is 0 Å². The molecule has 1 heterocycles. The molecule has 1 aliphatic heterocycles. The first-order chi connectivity index (χ1) is 15.1. The second-order valence-electron chi connectivity index (χ2n) is 7.55. The zero-order valence-electron chi connectivity index (χ0n) is 17.9. The number of aliphatic hydroxyl groups excluding tert-OH is 1. The molecule has 2 aliphatic rings. The highest BCUT2D eigenvalue weighted by molar-refractivity contribution is 5.65. The van der Waals surface area contributed by atoms with Gasteiger partial charge in [-0.1, -0.05) is 0 Å². The Balaban J connectivity index is 1.95. The number of rotatable bonds is 7. The molecule has 0 radical (unpaired) electrons. The fourth-order valence-electron chi connectivity index (χ4n) is 4.65. The van der Waals surface area contributed by atoms with E-state index in [1.165, 1.54) is 7.11 Å². The smallest absolute Gasteiger partial charge is 0.231 e. The van der Waals surface area contributed by atoms with Gasteiger partial charge in [0.05, 0.1) is 34.0 Å². The fourth-order valence-corrected chi connectivity index (χ4v) is 4.65. The third kappa shape index (κ3) is 3.45. The van der Waals surface area contributed by atoms with Crippen LogP contribution in [0.2, 0.25) is 0 Å². The Kier molecular flexibility index (Phi) is 5.93. The van der Waals surface area contributed by atoms with E-state index >= 15 is 0 Å². The van der Waals surface area contributed by atoms with E-state index in [1.54, 1.807) is 27.4 Å². The van der Waals surface area contributed by atoms with Crippen LogP contribution in [0.15, 0.2) is 24.3 Å². The maximum absolute atomic E-state index is 12.3. The van der Waals surface area contributed by atoms with Crippen LogP contribution >= 0.6 is 0 Å². The Morgan fingerprint density at radius 1 is 0.968 bits per heavy atom. The lowest BCUT2D eigenvalue weighted by molar-refractivity contribution is -0.117. The first-order valence-electron chi connectivity index (χ1n) is 9.93. The second kappa shape index (κ2) is 8.64. The summed E-state index contributed by atoms with van der Waals surface area (Å²) in [6, 6.07) is 7.29. The molecule has 1 N–H and O–H groups in total. The van der Waals surface area contributed by atoms with Crippen LogP contribution in [0, 0.1) is 11.8 Å². The minimum Gasteiger partial charge on any atom is -0.493 e. The Labute approximate surface area is 180 Å². The summed E-state index contributed by atoms with van der Waals surface area (Å²) < 4.78 is 32.9. The van der Waals surface area contributed by atoms with Crippen LogP contribution in [-0.4, -0.2) is 53.2 Å². The number of fused-ring (bicyclic) bond motifs is 2. The molecule has 0 aromatic heterocycles. The zero-order chi connectivity index (χ0) is 22.1. The molecular formula is C23H26O8. The lowest BCUT2D eigenvalue weighted by Crippen LogP contribution is -2.37. The third-order valence-electron chi connectivity index (χ3n) is 6.08. The molecule has 166 valence electrons. The van der Waals surface area contributed by atoms with Crippen molar-refractivity contribution < 1.29 is 38.3 Å². The fraction of sp³-hybridized carbons (Fsp3) is 0.435. The Bertz CT molecular complexity index is 947. The number of hydrogen-bond donors (Lipinski definition) is 1. The van der Waals surface area contributed by atoms with E-state index in [1.807, 2.05) is 18.2 Å². The van der Waals surface area contributed by atoms with Gasteiger partial charge in [-0.3, -0.25) is 0 Å². The predicted molar refractivity (Wildman–Crippen MR) is 110 cm³/mol. The molecule has 0 saturated carbocycles. The molecule has 2 aromatic carbocycles. The normalized spacial score (nSPS) is 23.8. The van der Waals surface area contributed by atoms with E-state index < -0.39 is 17.9 Å². The highest BCUT2D eigenvalue weighted by Crippen LogP contribution is 2.53. The molecule has 2 aromatic rings. The lowest BCUT2D eigenvalue weighted by Gasteiger charge is -2.40. The topological polar surface area (TPSA) is 92.7 Å². The summed E-state index contributed by atoms with van der Waals surface area (Å²) in [4.78, 5) is 12.3. The quantitative estimate of drug-likeness (QED) is 0.671. The first kappa shape index (κ1) is 21.3. The van der Waals surface area contributed by atoms with Gasteiger partial charge < -0.3 is 38.3 Å². The van der Waals surface area contributed by atoms with Crippen LogP contribution < -0.4 is 23.7 Å². The summed E-state index contributed by atoms with van der Waals surface area (Å²) in [5, 5.41) is 11.1. The largest absolute Gasteiger partial charge is 0.493 e. The number of hydrogen-bond acceptors (Lipinski definition) is 8. The highest BCUT2D eigenvalue weighted by atomic mass is 16.7. The number of aldehydes is 1. The van der Waals surface area contributed by atoms with Gasteiger partial charge in [0.1, 0.15) is 6.29 Å². The molecule has 31 heavy (non-hydrogen) atoms. The monoisotopic (exact) mass is 430 g/mol. The van der Waals surface area contributed by atoms with Gasteiger partial charge in [-0.25, -0.2) is 0 Å². The van der Waals surface area contributed by atoms with Crippen molar-refractivity contribution in [3.05, 3.63) is 41.0 Å². The maximum atomic E-state index is 12.3. The van der Waals surface area contributed by atoms with Crippen LogP contribution in [0.4, 0.5) is 0 Å². The molecule has 8 heteroatoms. The van der Waals surface area contributed by atoms with Gasteiger partial charge in [0.25, 0.3) is 0 Å². The van der Waals surface area contributed by atoms with Crippen molar-refractivity contribution in [1.82, 2.24) is 0 Å². The molecule has 1 aliphatic carbocycles. The van der Waals surface area contributed by atoms with Crippen molar-refractivity contribution in [2.45, 2.75) is 12.0 Å². The molecule has 8 nitrogen and oxygen atoms in total. The molecule has 1 unspecified atom stereocenters. The van der Waals surface area contributed by atoms with Crippen LogP contribution in [0.1, 0.15) is 28.7 Å². The average molecular weight is 430 g/mol. The lowest BCUT2D eigenvalue weighted by atomic mass is 9.65. The van der Waals surface area contributed by atoms with Gasteiger partial charge >= 0.3 is 0 Å². The van der Waals surface area contributed by atoms with Crippen molar-refractivity contribution in [2.75, 3.05) is 41.8 Å². The van der Waals surface area contributed by atoms with E-state index in [-0.39, 0.29) is 19.3 Å². The predicted octanol–water partition coefficient (Wildman–Crippen LogP) is 2.70. The molecule has 4 rings (SSSR count). The van der Waals surface area contributed by atoms with Crippen molar-refractivity contribution >= 4 is 6.29 Å². The van der Waals surface area contributed by atoms with E-state index in [0.29, 0.717) is 34.3 Å². The molecule has 0 spiro atoms. The molecule has 0 fully saturated rings. The first-order valence-corrected chi connectivity index (χ1v) is 9.93. The second-order valence-corrected chi connectivity index (χ2v) is 7.55. The average Bonchev–Trinajstić information content (AvgIpc) is 3.26. The zero-order valence-corrected chi connectivity index (χ0v) is 17.9. The minimum atomic E-state index is -0.891. The molecule has 0 saturated heterocycles. The van der Waals surface area contributed by atoms with Crippen LogP contribution in [0.5, 0.6) is 28.7 Å². The van der Waals surface area contributed by atoms with Gasteiger partial charge in [0, 0.05) is 24.9 Å². The van der Waals surface area contributed by atoms with Gasteiger partial charge in [0.15, 0.2) is 23.0 Å². The summed E-state index contributed by atoms with van der Waals surface area (Å²) in [7, 11) is 6.18. The van der Waals surface area contributed by atoms with Gasteiger partial charge in [0.2, 0.25) is 12.5 Å². The van der Waals surface area contributed by atoms with Crippen LogP contribution in [0.25, 0.3) is 0 Å². The number of carbonyl (C=O) groups excluding carboxylic acids is 1. The molecule has 0 bridgehead atoms. The number of benzene rings is 2. The summed E-state index contributed by atoms with van der Waals surface area (Å²) >= 11 is 0. The molecular weight excluding hydrogens is 404 g/mol. The van der Waals surface area contributed by atoms with Gasteiger partial charge in [-0.2, -0.15) is 0 Å².